The molecule has 3 aromatic carbocycles. The lowest BCUT2D eigenvalue weighted by molar-refractivity contribution is -0.130. The number of ether oxygens (including phenoxy) is 2. The Morgan fingerprint density at radius 2 is 1.53 bits per heavy atom. The lowest BCUT2D eigenvalue weighted by Crippen LogP contribution is -2.06. The number of para-hydroxylation sites is 1. The Labute approximate surface area is 173 Å². The monoisotopic (exact) mass is 395 g/mol. The third-order valence-corrected chi connectivity index (χ3v) is 4.27. The van der Waals surface area contributed by atoms with Gasteiger partial charge in [-0.3, -0.25) is 0 Å². The smallest absolute Gasteiger partial charge is 0.363 e. The number of aliphatic imine (C=N–C) groups is 1. The number of carbonyl (C=O) groups is 2. The highest BCUT2D eigenvalue weighted by Gasteiger charge is 2.24. The van der Waals surface area contributed by atoms with Gasteiger partial charge in [-0.15, -0.1) is 0 Å². The van der Waals surface area contributed by atoms with Gasteiger partial charge in [-0.05, 0) is 35.9 Å². The van der Waals surface area contributed by atoms with Crippen molar-refractivity contribution in [2.75, 3.05) is 0 Å². The first-order valence-electron chi connectivity index (χ1n) is 9.31. The van der Waals surface area contributed by atoms with E-state index in [9.17, 15) is 9.59 Å². The van der Waals surface area contributed by atoms with Crippen molar-refractivity contribution in [1.29, 1.82) is 0 Å². The minimum Gasteiger partial charge on any atom is -0.423 e. The van der Waals surface area contributed by atoms with Crippen LogP contribution in [0.15, 0.2) is 102 Å². The molecule has 0 atom stereocenters. The van der Waals surface area contributed by atoms with Gasteiger partial charge in [0.1, 0.15) is 5.75 Å². The molecule has 0 amide bonds. The molecule has 1 heterocycles. The second-order valence-corrected chi connectivity index (χ2v) is 6.41. The van der Waals surface area contributed by atoms with Crippen LogP contribution in [-0.2, 0) is 14.3 Å². The Kier molecular flexibility index (Phi) is 5.62. The average Bonchev–Trinajstić information content (AvgIpc) is 3.15. The van der Waals surface area contributed by atoms with E-state index in [0.717, 1.165) is 5.56 Å². The van der Waals surface area contributed by atoms with E-state index in [2.05, 4.69) is 4.99 Å². The van der Waals surface area contributed by atoms with Crippen LogP contribution in [0.5, 0.6) is 5.75 Å². The summed E-state index contributed by atoms with van der Waals surface area (Å²) in [4.78, 5) is 28.7. The zero-order valence-corrected chi connectivity index (χ0v) is 15.9. The van der Waals surface area contributed by atoms with E-state index in [0.29, 0.717) is 16.9 Å². The molecule has 0 N–H and O–H groups in total. The molecule has 1 aliphatic heterocycles. The van der Waals surface area contributed by atoms with Crippen LogP contribution in [0.2, 0.25) is 0 Å². The van der Waals surface area contributed by atoms with E-state index >= 15 is 0 Å². The standard InChI is InChI=1S/C25H17NO4/c27-23(16-15-18-9-3-1-4-10-18)29-22-14-8-7-13-20(22)17-21-25(28)30-24(26-21)19-11-5-2-6-12-19/h1-17H/b16-15+,21-17+. The topological polar surface area (TPSA) is 65.0 Å². The number of hydrogen-bond donors (Lipinski definition) is 0. The Morgan fingerprint density at radius 1 is 0.867 bits per heavy atom. The van der Waals surface area contributed by atoms with Crippen molar-refractivity contribution in [1.82, 2.24) is 0 Å². The van der Waals surface area contributed by atoms with Crippen molar-refractivity contribution in [2.45, 2.75) is 0 Å². The minimum atomic E-state index is -0.557. The van der Waals surface area contributed by atoms with Gasteiger partial charge in [-0.25, -0.2) is 14.6 Å². The molecular formula is C25H17NO4. The van der Waals surface area contributed by atoms with Gasteiger partial charge in [-0.1, -0.05) is 66.7 Å². The van der Waals surface area contributed by atoms with Crippen molar-refractivity contribution >= 4 is 30.0 Å². The zero-order valence-electron chi connectivity index (χ0n) is 15.9. The number of hydrogen-bond acceptors (Lipinski definition) is 5. The van der Waals surface area contributed by atoms with Gasteiger partial charge in [-0.2, -0.15) is 0 Å². The summed E-state index contributed by atoms with van der Waals surface area (Å²) in [5.74, 6) is -0.512. The summed E-state index contributed by atoms with van der Waals surface area (Å²) in [5.41, 5.74) is 2.28. The van der Waals surface area contributed by atoms with Crippen molar-refractivity contribution in [2.24, 2.45) is 4.99 Å². The molecule has 0 fully saturated rings. The first-order valence-corrected chi connectivity index (χ1v) is 9.31. The van der Waals surface area contributed by atoms with Crippen LogP contribution in [-0.4, -0.2) is 17.8 Å². The molecule has 0 aliphatic carbocycles. The minimum absolute atomic E-state index is 0.136. The Hall–Kier alpha value is -4.25. The van der Waals surface area contributed by atoms with Crippen molar-refractivity contribution in [3.63, 3.8) is 0 Å². The molecule has 4 rings (SSSR count). The van der Waals surface area contributed by atoms with Crippen molar-refractivity contribution < 1.29 is 19.1 Å². The molecule has 30 heavy (non-hydrogen) atoms. The summed E-state index contributed by atoms with van der Waals surface area (Å²) in [6, 6.07) is 25.5. The fourth-order valence-electron chi connectivity index (χ4n) is 2.82. The van der Waals surface area contributed by atoms with E-state index in [4.69, 9.17) is 9.47 Å². The zero-order chi connectivity index (χ0) is 20.8. The van der Waals surface area contributed by atoms with Crippen LogP contribution in [0.3, 0.4) is 0 Å². The van der Waals surface area contributed by atoms with Crippen LogP contribution >= 0.6 is 0 Å². The van der Waals surface area contributed by atoms with E-state index in [1.54, 1.807) is 36.4 Å². The van der Waals surface area contributed by atoms with Crippen molar-refractivity contribution in [3.05, 3.63) is 113 Å². The molecule has 3 aromatic rings. The summed E-state index contributed by atoms with van der Waals surface area (Å²) in [7, 11) is 0. The van der Waals surface area contributed by atoms with Gasteiger partial charge in [0.25, 0.3) is 0 Å². The fraction of sp³-hybridized carbons (Fsp3) is 0. The van der Waals surface area contributed by atoms with Crippen LogP contribution in [0.25, 0.3) is 12.2 Å². The maximum absolute atomic E-state index is 12.2. The van der Waals surface area contributed by atoms with Gasteiger partial charge in [0, 0.05) is 17.2 Å². The lowest BCUT2D eigenvalue weighted by atomic mass is 10.1. The van der Waals surface area contributed by atoms with E-state index in [1.165, 1.54) is 6.08 Å². The molecular weight excluding hydrogens is 378 g/mol. The van der Waals surface area contributed by atoms with Gasteiger partial charge >= 0.3 is 11.9 Å². The molecule has 146 valence electrons. The first-order chi connectivity index (χ1) is 14.7. The third-order valence-electron chi connectivity index (χ3n) is 4.27. The number of cyclic esters (lactones) is 1. The number of benzene rings is 3. The number of carbonyl (C=O) groups excluding carboxylic acids is 2. The fourth-order valence-corrected chi connectivity index (χ4v) is 2.82. The highest BCUT2D eigenvalue weighted by molar-refractivity contribution is 6.13. The molecule has 0 bridgehead atoms. The second-order valence-electron chi connectivity index (χ2n) is 6.41. The molecule has 0 aromatic heterocycles. The van der Waals surface area contributed by atoms with Crippen LogP contribution in [0.4, 0.5) is 0 Å². The molecule has 5 heteroatoms. The Bertz CT molecular complexity index is 1160. The lowest BCUT2D eigenvalue weighted by Gasteiger charge is -2.05. The van der Waals surface area contributed by atoms with Crippen LogP contribution < -0.4 is 4.74 Å². The van der Waals surface area contributed by atoms with Crippen molar-refractivity contribution in [3.8, 4) is 5.75 Å². The largest absolute Gasteiger partial charge is 0.423 e. The van der Waals surface area contributed by atoms with Gasteiger partial charge in [0.05, 0.1) is 0 Å². The highest BCUT2D eigenvalue weighted by atomic mass is 16.6. The predicted molar refractivity (Wildman–Crippen MR) is 115 cm³/mol. The van der Waals surface area contributed by atoms with Crippen LogP contribution in [0.1, 0.15) is 16.7 Å². The molecule has 0 unspecified atom stereocenters. The maximum atomic E-state index is 12.2. The molecule has 0 saturated heterocycles. The predicted octanol–water partition coefficient (Wildman–Crippen LogP) is 4.65. The summed E-state index contributed by atoms with van der Waals surface area (Å²) in [6.07, 6.45) is 4.57. The summed E-state index contributed by atoms with van der Waals surface area (Å²) in [6.45, 7) is 0. The van der Waals surface area contributed by atoms with Crippen LogP contribution in [0, 0.1) is 0 Å². The van der Waals surface area contributed by atoms with E-state index < -0.39 is 11.9 Å². The maximum Gasteiger partial charge on any atom is 0.363 e. The normalized spacial score (nSPS) is 14.6. The molecule has 5 nitrogen and oxygen atoms in total. The SMILES string of the molecule is O=C(/C=C/c1ccccc1)Oc1ccccc1/C=C1/N=C(c2ccccc2)OC1=O. The molecule has 0 spiro atoms. The molecule has 1 aliphatic rings. The summed E-state index contributed by atoms with van der Waals surface area (Å²) >= 11 is 0. The number of nitrogens with zero attached hydrogens (tertiary/aromatic N) is 1. The summed E-state index contributed by atoms with van der Waals surface area (Å²) in [5, 5.41) is 0. The molecule has 0 radical (unpaired) electrons. The van der Waals surface area contributed by atoms with E-state index in [1.807, 2.05) is 60.7 Å². The average molecular weight is 395 g/mol. The first kappa shape index (κ1) is 19.1. The Balaban J connectivity index is 1.55. The number of rotatable bonds is 5. The second kappa shape index (κ2) is 8.84. The van der Waals surface area contributed by atoms with Gasteiger partial charge in [0.2, 0.25) is 5.90 Å². The Morgan fingerprint density at radius 3 is 2.30 bits per heavy atom. The third kappa shape index (κ3) is 4.59. The van der Waals surface area contributed by atoms with Gasteiger partial charge < -0.3 is 9.47 Å². The quantitative estimate of drug-likeness (QED) is 0.358. The number of esters is 2. The molecule has 0 saturated carbocycles. The van der Waals surface area contributed by atoms with E-state index in [-0.39, 0.29) is 11.6 Å². The van der Waals surface area contributed by atoms with Gasteiger partial charge in [0.15, 0.2) is 5.70 Å². The summed E-state index contributed by atoms with van der Waals surface area (Å²) < 4.78 is 10.7. The highest BCUT2D eigenvalue weighted by Crippen LogP contribution is 2.25.